The molecule has 1 aliphatic carbocycles. The lowest BCUT2D eigenvalue weighted by molar-refractivity contribution is -0.146. The number of fused-ring (bicyclic) bond motifs is 3. The third-order valence-corrected chi connectivity index (χ3v) is 6.54. The highest BCUT2D eigenvalue weighted by Crippen LogP contribution is 2.44. The summed E-state index contributed by atoms with van der Waals surface area (Å²) in [6.45, 7) is 3.01. The minimum Gasteiger partial charge on any atom is -0.481 e. The highest BCUT2D eigenvalue weighted by molar-refractivity contribution is 5.80. The molecule has 0 bridgehead atoms. The van der Waals surface area contributed by atoms with Gasteiger partial charge in [0.05, 0.1) is 25.7 Å². The van der Waals surface area contributed by atoms with Gasteiger partial charge in [-0.15, -0.1) is 0 Å². The number of nitrogens with zero attached hydrogens (tertiary/aromatic N) is 1. The number of hydrogen-bond donors (Lipinski definition) is 2. The first-order valence-corrected chi connectivity index (χ1v) is 11.7. The number of rotatable bonds is 8. The summed E-state index contributed by atoms with van der Waals surface area (Å²) in [4.78, 5) is 38.2. The minimum atomic E-state index is -0.975. The van der Waals surface area contributed by atoms with E-state index in [1.54, 1.807) is 4.90 Å². The maximum Gasteiger partial charge on any atom is 0.407 e. The first kappa shape index (κ1) is 23.8. The number of carboxylic acids is 1. The molecule has 2 aliphatic rings. The monoisotopic (exact) mass is 466 g/mol. The number of alkyl carbamates (subject to hydrolysis) is 1. The van der Waals surface area contributed by atoms with Crippen molar-refractivity contribution in [2.24, 2.45) is 0 Å². The Hall–Kier alpha value is -3.39. The molecule has 0 saturated carbocycles. The molecule has 2 aromatic rings. The van der Waals surface area contributed by atoms with E-state index in [0.29, 0.717) is 19.6 Å². The first-order valence-electron chi connectivity index (χ1n) is 11.7. The molecule has 1 saturated heterocycles. The van der Waals surface area contributed by atoms with Crippen LogP contribution in [0.5, 0.6) is 0 Å². The summed E-state index contributed by atoms with van der Waals surface area (Å²) in [5.41, 5.74) is 4.59. The highest BCUT2D eigenvalue weighted by atomic mass is 16.5. The average molecular weight is 467 g/mol. The van der Waals surface area contributed by atoms with Gasteiger partial charge < -0.3 is 24.8 Å². The van der Waals surface area contributed by atoms with Crippen LogP contribution in [0.25, 0.3) is 11.1 Å². The molecule has 0 aromatic heterocycles. The van der Waals surface area contributed by atoms with Crippen molar-refractivity contribution in [2.45, 2.75) is 44.2 Å². The molecule has 2 aromatic carbocycles. The van der Waals surface area contributed by atoms with Gasteiger partial charge in [-0.05, 0) is 28.7 Å². The second-order valence-electron chi connectivity index (χ2n) is 8.69. The predicted octanol–water partition coefficient (Wildman–Crippen LogP) is 3.40. The number of benzene rings is 2. The van der Waals surface area contributed by atoms with Crippen molar-refractivity contribution < 1.29 is 29.0 Å². The maximum atomic E-state index is 12.9. The zero-order valence-electron chi connectivity index (χ0n) is 19.2. The lowest BCUT2D eigenvalue weighted by Crippen LogP contribution is -2.51. The first-order chi connectivity index (χ1) is 16.5. The molecule has 1 heterocycles. The van der Waals surface area contributed by atoms with Crippen molar-refractivity contribution in [3.05, 3.63) is 59.7 Å². The normalized spacial score (nSPS) is 18.0. The number of morpholine rings is 1. The number of hydrogen-bond acceptors (Lipinski definition) is 5. The van der Waals surface area contributed by atoms with E-state index in [2.05, 4.69) is 29.6 Å². The second kappa shape index (κ2) is 10.7. The molecule has 34 heavy (non-hydrogen) atoms. The van der Waals surface area contributed by atoms with Gasteiger partial charge in [-0.1, -0.05) is 55.5 Å². The fourth-order valence-corrected chi connectivity index (χ4v) is 4.79. The third-order valence-electron chi connectivity index (χ3n) is 6.54. The standard InChI is InChI=1S/C26H30N2O6/c1-2-17(13-24(29)28-11-12-33-15-18(28)14-25(30)31)27-26(32)34-16-23-21-9-5-3-7-19(21)20-8-4-6-10-22(20)23/h3-10,17-18,23H,2,11-16H2,1H3,(H,27,32)(H,30,31)/t17-,18?/m0/s1. The molecule has 1 fully saturated rings. The molecule has 4 rings (SSSR count). The van der Waals surface area contributed by atoms with Crippen molar-refractivity contribution >= 4 is 18.0 Å². The zero-order chi connectivity index (χ0) is 24.1. The molecule has 2 N–H and O–H groups in total. The van der Waals surface area contributed by atoms with Crippen LogP contribution in [0.4, 0.5) is 4.79 Å². The molecule has 0 spiro atoms. The van der Waals surface area contributed by atoms with Gasteiger partial charge in [-0.3, -0.25) is 9.59 Å². The van der Waals surface area contributed by atoms with Crippen LogP contribution >= 0.6 is 0 Å². The molecule has 8 nitrogen and oxygen atoms in total. The number of aliphatic carboxylic acids is 1. The van der Waals surface area contributed by atoms with Crippen LogP contribution in [-0.2, 0) is 19.1 Å². The summed E-state index contributed by atoms with van der Waals surface area (Å²) in [5, 5.41) is 11.9. The number of carboxylic acid groups (broad SMARTS) is 1. The van der Waals surface area contributed by atoms with Crippen LogP contribution < -0.4 is 5.32 Å². The molecule has 0 radical (unpaired) electrons. The molecule has 8 heteroatoms. The summed E-state index contributed by atoms with van der Waals surface area (Å²) >= 11 is 0. The Kier molecular flexibility index (Phi) is 7.47. The molecule has 2 amide bonds. The van der Waals surface area contributed by atoms with E-state index in [1.807, 2.05) is 31.2 Å². The van der Waals surface area contributed by atoms with E-state index in [-0.39, 0.29) is 37.9 Å². The second-order valence-corrected chi connectivity index (χ2v) is 8.69. The Morgan fingerprint density at radius 3 is 2.38 bits per heavy atom. The van der Waals surface area contributed by atoms with Crippen molar-refractivity contribution in [1.82, 2.24) is 10.2 Å². The lowest BCUT2D eigenvalue weighted by atomic mass is 9.98. The van der Waals surface area contributed by atoms with E-state index in [9.17, 15) is 14.4 Å². The number of ether oxygens (including phenoxy) is 2. The van der Waals surface area contributed by atoms with Gasteiger partial charge in [0, 0.05) is 24.9 Å². The fourth-order valence-electron chi connectivity index (χ4n) is 4.79. The van der Waals surface area contributed by atoms with Crippen LogP contribution in [0.2, 0.25) is 0 Å². The van der Waals surface area contributed by atoms with Gasteiger partial charge in [0.1, 0.15) is 6.61 Å². The van der Waals surface area contributed by atoms with Crippen molar-refractivity contribution in [3.8, 4) is 11.1 Å². The quantitative estimate of drug-likeness (QED) is 0.618. The van der Waals surface area contributed by atoms with Gasteiger partial charge in [0.25, 0.3) is 0 Å². The Morgan fingerprint density at radius 2 is 1.76 bits per heavy atom. The van der Waals surface area contributed by atoms with E-state index >= 15 is 0 Å². The van der Waals surface area contributed by atoms with Crippen LogP contribution in [0, 0.1) is 0 Å². The van der Waals surface area contributed by atoms with Crippen molar-refractivity contribution in [1.29, 1.82) is 0 Å². The Labute approximate surface area is 198 Å². The number of carbonyl (C=O) groups is 3. The molecule has 180 valence electrons. The number of nitrogens with one attached hydrogen (secondary N) is 1. The van der Waals surface area contributed by atoms with E-state index < -0.39 is 24.1 Å². The number of carbonyl (C=O) groups excluding carboxylic acids is 2. The van der Waals surface area contributed by atoms with Crippen LogP contribution in [0.15, 0.2) is 48.5 Å². The lowest BCUT2D eigenvalue weighted by Gasteiger charge is -2.35. The molecule has 1 unspecified atom stereocenters. The predicted molar refractivity (Wildman–Crippen MR) is 125 cm³/mol. The van der Waals surface area contributed by atoms with Gasteiger partial charge in [0.2, 0.25) is 5.91 Å². The smallest absolute Gasteiger partial charge is 0.407 e. The summed E-state index contributed by atoms with van der Waals surface area (Å²) in [5.74, 6) is -1.21. The largest absolute Gasteiger partial charge is 0.481 e. The third kappa shape index (κ3) is 5.22. The van der Waals surface area contributed by atoms with Crippen LogP contribution in [0.1, 0.15) is 43.2 Å². The zero-order valence-corrected chi connectivity index (χ0v) is 19.2. The average Bonchev–Trinajstić information content (AvgIpc) is 3.16. The Bertz CT molecular complexity index is 1010. The maximum absolute atomic E-state index is 12.9. The van der Waals surface area contributed by atoms with E-state index in [1.165, 1.54) is 0 Å². The van der Waals surface area contributed by atoms with E-state index in [4.69, 9.17) is 14.6 Å². The summed E-state index contributed by atoms with van der Waals surface area (Å²) < 4.78 is 10.9. The van der Waals surface area contributed by atoms with E-state index in [0.717, 1.165) is 22.3 Å². The summed E-state index contributed by atoms with van der Waals surface area (Å²) in [6.07, 6.45) is -0.103. The van der Waals surface area contributed by atoms with Crippen molar-refractivity contribution in [3.63, 3.8) is 0 Å². The molecular weight excluding hydrogens is 436 g/mol. The number of amides is 2. The van der Waals surface area contributed by atoms with Crippen LogP contribution in [0.3, 0.4) is 0 Å². The van der Waals surface area contributed by atoms with Gasteiger partial charge in [0.15, 0.2) is 0 Å². The van der Waals surface area contributed by atoms with Gasteiger partial charge in [-0.25, -0.2) is 4.79 Å². The SMILES string of the molecule is CC[C@@H](CC(=O)N1CCOCC1CC(=O)O)NC(=O)OCC1c2ccccc2-c2ccccc21. The fraction of sp³-hybridized carbons (Fsp3) is 0.423. The van der Waals surface area contributed by atoms with Gasteiger partial charge >= 0.3 is 12.1 Å². The molecular formula is C26H30N2O6. The minimum absolute atomic E-state index is 0.0371. The van der Waals surface area contributed by atoms with Crippen molar-refractivity contribution in [2.75, 3.05) is 26.4 Å². The highest BCUT2D eigenvalue weighted by Gasteiger charge is 2.31. The van der Waals surface area contributed by atoms with Crippen LogP contribution in [-0.4, -0.2) is 66.4 Å². The Morgan fingerprint density at radius 1 is 1.12 bits per heavy atom. The van der Waals surface area contributed by atoms with Gasteiger partial charge in [-0.2, -0.15) is 0 Å². The summed E-state index contributed by atoms with van der Waals surface area (Å²) in [6, 6.07) is 15.4. The summed E-state index contributed by atoms with van der Waals surface area (Å²) in [7, 11) is 0. The molecule has 1 aliphatic heterocycles. The Balaban J connectivity index is 1.34. The molecule has 2 atom stereocenters. The topological polar surface area (TPSA) is 105 Å².